The Balaban J connectivity index is 2.48. The van der Waals surface area contributed by atoms with Crippen LogP contribution >= 0.6 is 0 Å². The molecule has 0 amide bonds. The summed E-state index contributed by atoms with van der Waals surface area (Å²) in [5.41, 5.74) is 6.67. The quantitative estimate of drug-likeness (QED) is 0.831. The molecule has 1 fully saturated rings. The standard InChI is InChI=1S/C13H17NO3/c1-8-3-4-10(11(5-8)17-2)13(12(15)16)6-9(14)7-13/h3-5,9H,6-7,14H2,1-2H3,(H,15,16). The van der Waals surface area contributed by atoms with Gasteiger partial charge in [0.25, 0.3) is 0 Å². The van der Waals surface area contributed by atoms with Crippen molar-refractivity contribution in [1.82, 2.24) is 0 Å². The minimum absolute atomic E-state index is 0.0305. The number of nitrogens with two attached hydrogens (primary N) is 1. The van der Waals surface area contributed by atoms with Gasteiger partial charge in [-0.3, -0.25) is 4.79 Å². The molecule has 0 saturated heterocycles. The highest BCUT2D eigenvalue weighted by Crippen LogP contribution is 2.46. The van der Waals surface area contributed by atoms with E-state index in [0.717, 1.165) is 11.1 Å². The van der Waals surface area contributed by atoms with Crippen LogP contribution in [0.1, 0.15) is 24.0 Å². The molecule has 0 aromatic heterocycles. The van der Waals surface area contributed by atoms with Crippen molar-refractivity contribution in [3.8, 4) is 5.75 Å². The predicted octanol–water partition coefficient (Wildman–Crippen LogP) is 1.45. The minimum atomic E-state index is -0.863. The van der Waals surface area contributed by atoms with E-state index in [1.807, 2.05) is 25.1 Å². The summed E-state index contributed by atoms with van der Waals surface area (Å²) >= 11 is 0. The highest BCUT2D eigenvalue weighted by molar-refractivity contribution is 5.84. The summed E-state index contributed by atoms with van der Waals surface area (Å²) in [6.45, 7) is 1.95. The van der Waals surface area contributed by atoms with Crippen LogP contribution in [0.4, 0.5) is 0 Å². The molecular weight excluding hydrogens is 218 g/mol. The molecule has 1 saturated carbocycles. The van der Waals surface area contributed by atoms with Crippen molar-refractivity contribution in [2.24, 2.45) is 5.73 Å². The van der Waals surface area contributed by atoms with E-state index >= 15 is 0 Å². The summed E-state index contributed by atoms with van der Waals surface area (Å²) < 4.78 is 5.29. The summed E-state index contributed by atoms with van der Waals surface area (Å²) in [6, 6.07) is 5.59. The third kappa shape index (κ3) is 1.78. The summed E-state index contributed by atoms with van der Waals surface area (Å²) in [4.78, 5) is 11.5. The van der Waals surface area contributed by atoms with Gasteiger partial charge in [0.15, 0.2) is 0 Å². The predicted molar refractivity (Wildman–Crippen MR) is 64.3 cm³/mol. The maximum Gasteiger partial charge on any atom is 0.314 e. The molecule has 0 aliphatic heterocycles. The molecule has 1 aromatic carbocycles. The lowest BCUT2D eigenvalue weighted by Gasteiger charge is -2.43. The van der Waals surface area contributed by atoms with Gasteiger partial charge in [-0.15, -0.1) is 0 Å². The molecular formula is C13H17NO3. The van der Waals surface area contributed by atoms with Gasteiger partial charge in [-0.1, -0.05) is 12.1 Å². The van der Waals surface area contributed by atoms with Crippen LogP contribution in [0.2, 0.25) is 0 Å². The van der Waals surface area contributed by atoms with Gasteiger partial charge in [0.05, 0.1) is 12.5 Å². The lowest BCUT2D eigenvalue weighted by Crippen LogP contribution is -2.54. The number of carboxylic acid groups (broad SMARTS) is 1. The molecule has 2 rings (SSSR count). The highest BCUT2D eigenvalue weighted by atomic mass is 16.5. The van der Waals surface area contributed by atoms with Gasteiger partial charge in [-0.25, -0.2) is 0 Å². The first-order valence-corrected chi connectivity index (χ1v) is 5.64. The minimum Gasteiger partial charge on any atom is -0.496 e. The van der Waals surface area contributed by atoms with Gasteiger partial charge in [-0.2, -0.15) is 0 Å². The van der Waals surface area contributed by atoms with Crippen LogP contribution in [0, 0.1) is 6.92 Å². The summed E-state index contributed by atoms with van der Waals surface area (Å²) in [7, 11) is 1.56. The zero-order chi connectivity index (χ0) is 12.6. The van der Waals surface area contributed by atoms with Crippen molar-refractivity contribution >= 4 is 5.97 Å². The van der Waals surface area contributed by atoms with Crippen LogP contribution < -0.4 is 10.5 Å². The van der Waals surface area contributed by atoms with E-state index in [4.69, 9.17) is 10.5 Å². The van der Waals surface area contributed by atoms with E-state index in [9.17, 15) is 9.90 Å². The highest BCUT2D eigenvalue weighted by Gasteiger charge is 2.51. The van der Waals surface area contributed by atoms with Crippen LogP contribution in [0.3, 0.4) is 0 Å². The van der Waals surface area contributed by atoms with Crippen LogP contribution in [0.25, 0.3) is 0 Å². The van der Waals surface area contributed by atoms with Crippen molar-refractivity contribution in [1.29, 1.82) is 0 Å². The van der Waals surface area contributed by atoms with Gasteiger partial charge in [0, 0.05) is 11.6 Å². The SMILES string of the molecule is COc1cc(C)ccc1C1(C(=O)O)CC(N)C1. The van der Waals surface area contributed by atoms with E-state index in [0.29, 0.717) is 18.6 Å². The number of hydrogen-bond donors (Lipinski definition) is 2. The van der Waals surface area contributed by atoms with Gasteiger partial charge < -0.3 is 15.6 Å². The fourth-order valence-electron chi connectivity index (χ4n) is 2.54. The molecule has 3 N–H and O–H groups in total. The Kier molecular flexibility index (Phi) is 2.83. The fourth-order valence-corrected chi connectivity index (χ4v) is 2.54. The van der Waals surface area contributed by atoms with E-state index < -0.39 is 11.4 Å². The molecule has 0 spiro atoms. The first-order valence-electron chi connectivity index (χ1n) is 5.64. The molecule has 1 aliphatic carbocycles. The number of rotatable bonds is 3. The zero-order valence-electron chi connectivity index (χ0n) is 10.1. The zero-order valence-corrected chi connectivity index (χ0v) is 10.1. The lowest BCUT2D eigenvalue weighted by molar-refractivity contribution is -0.148. The van der Waals surface area contributed by atoms with Gasteiger partial charge >= 0.3 is 5.97 Å². The average molecular weight is 235 g/mol. The molecule has 17 heavy (non-hydrogen) atoms. The molecule has 0 atom stereocenters. The smallest absolute Gasteiger partial charge is 0.314 e. The summed E-state index contributed by atoms with van der Waals surface area (Å²) in [6.07, 6.45) is 0.948. The second kappa shape index (κ2) is 4.04. The molecule has 0 heterocycles. The van der Waals surface area contributed by atoms with Crippen molar-refractivity contribution in [3.05, 3.63) is 29.3 Å². The molecule has 92 valence electrons. The topological polar surface area (TPSA) is 72.5 Å². The number of benzene rings is 1. The average Bonchev–Trinajstić information content (AvgIpc) is 2.24. The van der Waals surface area contributed by atoms with Crippen LogP contribution in [-0.2, 0) is 10.2 Å². The third-order valence-electron chi connectivity index (χ3n) is 3.50. The van der Waals surface area contributed by atoms with Crippen LogP contribution in [0.15, 0.2) is 18.2 Å². The Morgan fingerprint density at radius 3 is 2.65 bits per heavy atom. The monoisotopic (exact) mass is 235 g/mol. The summed E-state index contributed by atoms with van der Waals surface area (Å²) in [5.74, 6) is -0.180. The van der Waals surface area contributed by atoms with Crippen molar-refractivity contribution < 1.29 is 14.6 Å². The summed E-state index contributed by atoms with van der Waals surface area (Å²) in [5, 5.41) is 9.43. The molecule has 4 heteroatoms. The molecule has 4 nitrogen and oxygen atoms in total. The Morgan fingerprint density at radius 1 is 1.53 bits per heavy atom. The number of hydrogen-bond acceptors (Lipinski definition) is 3. The van der Waals surface area contributed by atoms with Gasteiger partial charge in [0.1, 0.15) is 5.75 Å². The number of methoxy groups -OCH3 is 1. The first-order chi connectivity index (χ1) is 7.99. The van der Waals surface area contributed by atoms with Crippen molar-refractivity contribution in [2.45, 2.75) is 31.2 Å². The first kappa shape index (κ1) is 11.9. The Morgan fingerprint density at radius 2 is 2.18 bits per heavy atom. The van der Waals surface area contributed by atoms with Crippen molar-refractivity contribution in [3.63, 3.8) is 0 Å². The number of carboxylic acids is 1. The van der Waals surface area contributed by atoms with Crippen LogP contribution in [0.5, 0.6) is 5.75 Å². The Hall–Kier alpha value is -1.55. The second-order valence-corrected chi connectivity index (χ2v) is 4.76. The van der Waals surface area contributed by atoms with E-state index in [-0.39, 0.29) is 6.04 Å². The van der Waals surface area contributed by atoms with Crippen LogP contribution in [-0.4, -0.2) is 24.2 Å². The molecule has 1 aromatic rings. The third-order valence-corrected chi connectivity index (χ3v) is 3.50. The van der Waals surface area contributed by atoms with E-state index in [1.165, 1.54) is 0 Å². The fraction of sp³-hybridized carbons (Fsp3) is 0.462. The number of aliphatic carboxylic acids is 1. The normalized spacial score (nSPS) is 27.4. The number of ether oxygens (including phenoxy) is 1. The van der Waals surface area contributed by atoms with E-state index in [1.54, 1.807) is 7.11 Å². The second-order valence-electron chi connectivity index (χ2n) is 4.76. The molecule has 0 bridgehead atoms. The van der Waals surface area contributed by atoms with Gasteiger partial charge in [0.2, 0.25) is 0 Å². The Labute approximate surface area is 100 Å². The maximum atomic E-state index is 11.5. The van der Waals surface area contributed by atoms with Gasteiger partial charge in [-0.05, 0) is 31.4 Å². The molecule has 0 radical (unpaired) electrons. The van der Waals surface area contributed by atoms with E-state index in [2.05, 4.69) is 0 Å². The number of aryl methyl sites for hydroxylation is 1. The number of carbonyl (C=O) groups is 1. The molecule has 0 unspecified atom stereocenters. The lowest BCUT2D eigenvalue weighted by atomic mass is 9.61. The van der Waals surface area contributed by atoms with Crippen molar-refractivity contribution in [2.75, 3.05) is 7.11 Å². The Bertz CT molecular complexity index is 450. The maximum absolute atomic E-state index is 11.5. The molecule has 1 aliphatic rings. The largest absolute Gasteiger partial charge is 0.496 e.